The minimum atomic E-state index is -0.369. The molecule has 0 atom stereocenters. The lowest BCUT2D eigenvalue weighted by Crippen LogP contribution is -2.18. The number of amides is 1. The maximum absolute atomic E-state index is 12.4. The summed E-state index contributed by atoms with van der Waals surface area (Å²) in [6, 6.07) is 12.0. The smallest absolute Gasteiger partial charge is 0.271 e. The molecule has 0 bridgehead atoms. The summed E-state index contributed by atoms with van der Waals surface area (Å²) in [6.07, 6.45) is 2.58. The van der Waals surface area contributed by atoms with E-state index in [9.17, 15) is 9.59 Å². The molecule has 0 fully saturated rings. The third kappa shape index (κ3) is 3.63. The number of hydrogen-bond acceptors (Lipinski definition) is 4. The minimum Gasteiger partial charge on any atom is -0.463 e. The molecule has 5 nitrogen and oxygen atoms in total. The van der Waals surface area contributed by atoms with E-state index in [1.807, 2.05) is 0 Å². The molecule has 0 aliphatic heterocycles. The molecule has 0 saturated heterocycles. The summed E-state index contributed by atoms with van der Waals surface area (Å²) < 4.78 is 7.06. The van der Waals surface area contributed by atoms with E-state index >= 15 is 0 Å². The maximum atomic E-state index is 12.4. The van der Waals surface area contributed by atoms with E-state index in [0.29, 0.717) is 16.5 Å². The number of halogens is 2. The van der Waals surface area contributed by atoms with Gasteiger partial charge in [0.1, 0.15) is 11.8 Å². The fraction of sp³-hybridized carbons (Fsp3) is 0. The Bertz CT molecular complexity index is 995. The van der Waals surface area contributed by atoms with Crippen molar-refractivity contribution >= 4 is 55.0 Å². The Hall–Kier alpha value is -2.25. The first-order valence-corrected chi connectivity index (χ1v) is 8.43. The van der Waals surface area contributed by atoms with E-state index in [2.05, 4.69) is 42.4 Å². The van der Waals surface area contributed by atoms with Gasteiger partial charge in [-0.3, -0.25) is 9.59 Å². The van der Waals surface area contributed by atoms with Gasteiger partial charge in [-0.1, -0.05) is 31.9 Å². The van der Waals surface area contributed by atoms with E-state index in [4.69, 9.17) is 4.42 Å². The van der Waals surface area contributed by atoms with Crippen LogP contribution in [0.1, 0.15) is 15.9 Å². The molecule has 120 valence electrons. The van der Waals surface area contributed by atoms with Gasteiger partial charge in [-0.25, -0.2) is 5.43 Å². The van der Waals surface area contributed by atoms with Gasteiger partial charge in [0, 0.05) is 14.5 Å². The van der Waals surface area contributed by atoms with Crippen LogP contribution in [0.4, 0.5) is 0 Å². The lowest BCUT2D eigenvalue weighted by Gasteiger charge is -2.00. The van der Waals surface area contributed by atoms with Crippen LogP contribution in [0.25, 0.3) is 11.0 Å². The number of benzene rings is 2. The first-order chi connectivity index (χ1) is 11.5. The SMILES string of the molecule is O=C(N/N=C/c1coc2ccc(Br)cc2c1=O)c1ccc(Br)cc1. The summed E-state index contributed by atoms with van der Waals surface area (Å²) in [7, 11) is 0. The molecule has 2 aromatic carbocycles. The van der Waals surface area contributed by atoms with Crippen LogP contribution in [0.15, 0.2) is 72.0 Å². The van der Waals surface area contributed by atoms with Gasteiger partial charge >= 0.3 is 0 Å². The highest BCUT2D eigenvalue weighted by atomic mass is 79.9. The molecule has 1 N–H and O–H groups in total. The zero-order valence-corrected chi connectivity index (χ0v) is 15.3. The first kappa shape index (κ1) is 16.6. The fourth-order valence-electron chi connectivity index (χ4n) is 2.03. The predicted octanol–water partition coefficient (Wildman–Crippen LogP) is 4.08. The highest BCUT2D eigenvalue weighted by Crippen LogP contribution is 2.17. The van der Waals surface area contributed by atoms with Gasteiger partial charge in [-0.2, -0.15) is 5.10 Å². The van der Waals surface area contributed by atoms with Gasteiger partial charge < -0.3 is 4.42 Å². The van der Waals surface area contributed by atoms with Gasteiger partial charge in [-0.05, 0) is 42.5 Å². The Labute approximate surface area is 153 Å². The maximum Gasteiger partial charge on any atom is 0.271 e. The van der Waals surface area contributed by atoms with E-state index in [1.54, 1.807) is 42.5 Å². The predicted molar refractivity (Wildman–Crippen MR) is 99.4 cm³/mol. The monoisotopic (exact) mass is 448 g/mol. The Kier molecular flexibility index (Phi) is 4.92. The van der Waals surface area contributed by atoms with Crippen molar-refractivity contribution in [3.63, 3.8) is 0 Å². The molecule has 0 aliphatic rings. The van der Waals surface area contributed by atoms with Crippen molar-refractivity contribution in [1.82, 2.24) is 5.43 Å². The van der Waals surface area contributed by atoms with E-state index in [0.717, 1.165) is 8.95 Å². The number of fused-ring (bicyclic) bond motifs is 1. The molecule has 1 heterocycles. The zero-order valence-electron chi connectivity index (χ0n) is 12.1. The molecule has 7 heteroatoms. The van der Waals surface area contributed by atoms with E-state index in [-0.39, 0.29) is 16.9 Å². The Balaban J connectivity index is 1.80. The van der Waals surface area contributed by atoms with Crippen LogP contribution in [-0.2, 0) is 0 Å². The molecule has 0 aliphatic carbocycles. The highest BCUT2D eigenvalue weighted by Gasteiger charge is 2.07. The average Bonchev–Trinajstić information content (AvgIpc) is 2.58. The van der Waals surface area contributed by atoms with Crippen molar-refractivity contribution in [2.24, 2.45) is 5.10 Å². The van der Waals surface area contributed by atoms with Gasteiger partial charge in [0.25, 0.3) is 5.91 Å². The largest absolute Gasteiger partial charge is 0.463 e. The normalized spacial score (nSPS) is 11.1. The molecule has 0 spiro atoms. The molecule has 3 rings (SSSR count). The van der Waals surface area contributed by atoms with Gasteiger partial charge in [0.15, 0.2) is 0 Å². The van der Waals surface area contributed by atoms with Crippen LogP contribution in [0.5, 0.6) is 0 Å². The van der Waals surface area contributed by atoms with Crippen molar-refractivity contribution in [2.75, 3.05) is 0 Å². The van der Waals surface area contributed by atoms with Crippen molar-refractivity contribution in [1.29, 1.82) is 0 Å². The van der Waals surface area contributed by atoms with Gasteiger partial charge in [-0.15, -0.1) is 0 Å². The molecule has 0 radical (unpaired) electrons. The van der Waals surface area contributed by atoms with Crippen LogP contribution < -0.4 is 10.9 Å². The topological polar surface area (TPSA) is 71.7 Å². The lowest BCUT2D eigenvalue weighted by molar-refractivity contribution is 0.0955. The van der Waals surface area contributed by atoms with Crippen LogP contribution in [0.2, 0.25) is 0 Å². The summed E-state index contributed by atoms with van der Waals surface area (Å²) in [4.78, 5) is 24.3. The summed E-state index contributed by atoms with van der Waals surface area (Å²) in [5.41, 5.74) is 3.35. The Morgan fingerprint density at radius 1 is 1.08 bits per heavy atom. The second-order valence-electron chi connectivity index (χ2n) is 4.87. The Morgan fingerprint density at radius 2 is 1.79 bits per heavy atom. The summed E-state index contributed by atoms with van der Waals surface area (Å²) in [5, 5.41) is 4.26. The summed E-state index contributed by atoms with van der Waals surface area (Å²) in [5.74, 6) is -0.369. The molecule has 0 saturated carbocycles. The number of nitrogens with one attached hydrogen (secondary N) is 1. The van der Waals surface area contributed by atoms with Crippen molar-refractivity contribution in [2.45, 2.75) is 0 Å². The molecule has 0 unspecified atom stereocenters. The van der Waals surface area contributed by atoms with Crippen molar-refractivity contribution < 1.29 is 9.21 Å². The molecule has 1 aromatic heterocycles. The number of hydrogen-bond donors (Lipinski definition) is 1. The molecule has 3 aromatic rings. The van der Waals surface area contributed by atoms with Crippen molar-refractivity contribution in [3.8, 4) is 0 Å². The quantitative estimate of drug-likeness (QED) is 0.483. The van der Waals surface area contributed by atoms with Crippen LogP contribution in [0.3, 0.4) is 0 Å². The van der Waals surface area contributed by atoms with Crippen LogP contribution >= 0.6 is 31.9 Å². The van der Waals surface area contributed by atoms with Gasteiger partial charge in [0.05, 0.1) is 17.2 Å². The molecular formula is C17H10Br2N2O3. The van der Waals surface area contributed by atoms with Crippen LogP contribution in [0, 0.1) is 0 Å². The van der Waals surface area contributed by atoms with Gasteiger partial charge in [0.2, 0.25) is 5.43 Å². The summed E-state index contributed by atoms with van der Waals surface area (Å²) in [6.45, 7) is 0. The van der Waals surface area contributed by atoms with Crippen molar-refractivity contribution in [3.05, 3.63) is 79.0 Å². The highest BCUT2D eigenvalue weighted by molar-refractivity contribution is 9.10. The molecule has 1 amide bonds. The fourth-order valence-corrected chi connectivity index (χ4v) is 2.66. The molecular weight excluding hydrogens is 440 g/mol. The third-order valence-corrected chi connectivity index (χ3v) is 4.26. The number of hydrazone groups is 1. The Morgan fingerprint density at radius 3 is 2.54 bits per heavy atom. The average molecular weight is 450 g/mol. The minimum absolute atomic E-state index is 0.223. The van der Waals surface area contributed by atoms with E-state index in [1.165, 1.54) is 12.5 Å². The number of carbonyl (C=O) groups excluding carboxylic acids is 1. The number of nitrogens with zero attached hydrogens (tertiary/aromatic N) is 1. The second-order valence-corrected chi connectivity index (χ2v) is 6.70. The number of rotatable bonds is 3. The standard InChI is InChI=1S/C17H10Br2N2O3/c18-12-3-1-10(2-4-12)17(23)21-20-8-11-9-24-15-6-5-13(19)7-14(15)16(11)22/h1-9H,(H,21,23)/b20-8+. The molecule has 24 heavy (non-hydrogen) atoms. The van der Waals surface area contributed by atoms with E-state index < -0.39 is 0 Å². The first-order valence-electron chi connectivity index (χ1n) is 6.84. The summed E-state index contributed by atoms with van der Waals surface area (Å²) >= 11 is 6.62. The van der Waals surface area contributed by atoms with Crippen LogP contribution in [-0.4, -0.2) is 12.1 Å². The number of carbonyl (C=O) groups is 1. The third-order valence-electron chi connectivity index (χ3n) is 3.24. The second kappa shape index (κ2) is 7.11. The zero-order chi connectivity index (χ0) is 17.1. The lowest BCUT2D eigenvalue weighted by atomic mass is 10.2.